The van der Waals surface area contributed by atoms with Gasteiger partial charge in [0.25, 0.3) is 5.91 Å². The Morgan fingerprint density at radius 2 is 1.80 bits per heavy atom. The minimum atomic E-state index is -0.822. The van der Waals surface area contributed by atoms with Crippen molar-refractivity contribution in [3.05, 3.63) is 78.1 Å². The molecule has 4 aliphatic rings. The summed E-state index contributed by atoms with van der Waals surface area (Å²) in [6.07, 6.45) is 8.39. The summed E-state index contributed by atoms with van der Waals surface area (Å²) in [5.41, 5.74) is 5.88. The van der Waals surface area contributed by atoms with E-state index in [4.69, 9.17) is 31.5 Å². The first-order chi connectivity index (χ1) is 28.3. The van der Waals surface area contributed by atoms with Crippen molar-refractivity contribution in [3.8, 4) is 0 Å². The molecular weight excluding hydrogens is 825 g/mol. The van der Waals surface area contributed by atoms with Gasteiger partial charge < -0.3 is 35.1 Å². The number of aromatic nitrogens is 1. The maximum absolute atomic E-state index is 14.5. The highest BCUT2D eigenvalue weighted by Crippen LogP contribution is 2.41. The van der Waals surface area contributed by atoms with Crippen LogP contribution in [0, 0.1) is 12.7 Å². The first-order valence-corrected chi connectivity index (χ1v) is 22.1. The summed E-state index contributed by atoms with van der Waals surface area (Å²) in [5, 5.41) is 7.55. The quantitative estimate of drug-likeness (QED) is 0.0861. The Kier molecular flexibility index (Phi) is 15.2. The molecule has 2 amide bonds. The monoisotopic (exact) mass is 873 g/mol. The Hall–Kier alpha value is -4.29. The number of pyridine rings is 1. The normalized spacial score (nSPS) is 20.1. The fourth-order valence-corrected chi connectivity index (χ4v) is 9.31. The van der Waals surface area contributed by atoms with E-state index in [0.29, 0.717) is 42.1 Å². The second-order valence-corrected chi connectivity index (χ2v) is 17.5. The SMILES string of the molecule is CC(=O)OCC1=C(C(=O)OCCCCCOC(=O)c2cn(C3CC3)c3c(Cl)c(C)c(F)cc3c2=O)N2C(=O)[C@@H](NC(=O)Cc3cccs3)[C@H]2SC1.N[C@@H]1CCCCNC1. The van der Waals surface area contributed by atoms with Gasteiger partial charge in [0.05, 0.1) is 35.6 Å². The number of rotatable bonds is 14. The third-order valence-corrected chi connectivity index (χ3v) is 13.0. The Balaban J connectivity index is 0.000000654. The van der Waals surface area contributed by atoms with Gasteiger partial charge in [-0.1, -0.05) is 24.1 Å². The van der Waals surface area contributed by atoms with Gasteiger partial charge in [0.15, 0.2) is 0 Å². The number of nitrogens with zero attached hydrogens (tertiary/aromatic N) is 2. The Labute approximate surface area is 354 Å². The van der Waals surface area contributed by atoms with Crippen LogP contribution in [-0.4, -0.2) is 95.3 Å². The Morgan fingerprint density at radius 3 is 2.49 bits per heavy atom. The van der Waals surface area contributed by atoms with Crippen LogP contribution in [0.25, 0.3) is 10.9 Å². The van der Waals surface area contributed by atoms with Crippen LogP contribution in [0.4, 0.5) is 4.39 Å². The van der Waals surface area contributed by atoms with Crippen LogP contribution < -0.4 is 21.8 Å². The summed E-state index contributed by atoms with van der Waals surface area (Å²) < 4.78 is 32.3. The smallest absolute Gasteiger partial charge is 0.355 e. The van der Waals surface area contributed by atoms with E-state index in [2.05, 4.69) is 10.6 Å². The Bertz CT molecular complexity index is 2150. The fraction of sp³-hybridized carbons (Fsp3) is 0.512. The summed E-state index contributed by atoms with van der Waals surface area (Å²) in [5.74, 6) is -3.22. The molecule has 1 aliphatic carbocycles. The molecule has 18 heteroatoms. The van der Waals surface area contributed by atoms with Crippen molar-refractivity contribution in [3.63, 3.8) is 0 Å². The number of nitrogens with one attached hydrogen (secondary N) is 2. The van der Waals surface area contributed by atoms with E-state index in [1.54, 1.807) is 4.57 Å². The van der Waals surface area contributed by atoms with Gasteiger partial charge in [0.1, 0.15) is 35.1 Å². The lowest BCUT2D eigenvalue weighted by Gasteiger charge is -2.49. The molecule has 0 radical (unpaired) electrons. The lowest BCUT2D eigenvalue weighted by atomic mass is 10.0. The molecule has 2 aromatic heterocycles. The minimum absolute atomic E-state index is 0.000451. The van der Waals surface area contributed by atoms with Crippen LogP contribution in [0.3, 0.4) is 0 Å². The average Bonchev–Trinajstić information content (AvgIpc) is 3.99. The van der Waals surface area contributed by atoms with Gasteiger partial charge in [-0.2, -0.15) is 0 Å². The molecule has 1 saturated carbocycles. The molecule has 0 unspecified atom stereocenters. The Morgan fingerprint density at radius 1 is 1.05 bits per heavy atom. The maximum atomic E-state index is 14.5. The van der Waals surface area contributed by atoms with Crippen molar-refractivity contribution in [2.45, 2.75) is 95.1 Å². The summed E-state index contributed by atoms with van der Waals surface area (Å²) >= 11 is 9.21. The number of thiophene rings is 1. The van der Waals surface area contributed by atoms with Gasteiger partial charge in [-0.3, -0.25) is 24.1 Å². The number of thioether (sulfide) groups is 1. The molecule has 0 bridgehead atoms. The van der Waals surface area contributed by atoms with E-state index in [9.17, 15) is 33.2 Å². The number of nitrogens with two attached hydrogens (primary N) is 1. The summed E-state index contributed by atoms with van der Waals surface area (Å²) in [4.78, 5) is 78.8. The number of carbonyl (C=O) groups is 5. The van der Waals surface area contributed by atoms with Gasteiger partial charge in [0.2, 0.25) is 11.3 Å². The van der Waals surface area contributed by atoms with E-state index >= 15 is 0 Å². The standard InChI is InChI=1S/C35H35ClFN3O9S2.C6H14N2/c1-18-25(37)14-23-30(27(18)36)39(21-8-9-21)15-24(31(23)43)34(45)47-10-4-3-5-11-48-35(46)29-20(16-49-19(2)41)17-51-33-28(32(44)40(29)33)38-26(42)13-22-7-6-12-50-22;7-6-3-1-2-4-8-5-6/h6-7,12,14-15,21,28,33H,3-5,8-11,13,16-17H2,1-2H3,(H,38,42);6,8H,1-5,7H2/t28-,33-;6-/m11/s1. The molecule has 59 heavy (non-hydrogen) atoms. The fourth-order valence-electron chi connectivity index (χ4n) is 6.99. The molecule has 2 saturated heterocycles. The van der Waals surface area contributed by atoms with Crippen molar-refractivity contribution in [2.75, 3.05) is 38.7 Å². The number of β-lactam (4-membered cyclic amide) rings is 1. The summed E-state index contributed by atoms with van der Waals surface area (Å²) in [6, 6.07) is 4.44. The van der Waals surface area contributed by atoms with E-state index in [-0.39, 0.29) is 65.4 Å². The summed E-state index contributed by atoms with van der Waals surface area (Å²) in [7, 11) is 0. The van der Waals surface area contributed by atoms with Gasteiger partial charge in [-0.25, -0.2) is 14.0 Å². The molecule has 318 valence electrons. The largest absolute Gasteiger partial charge is 0.462 e. The predicted octanol–water partition coefficient (Wildman–Crippen LogP) is 4.92. The first-order valence-electron chi connectivity index (χ1n) is 19.8. The number of hydrogen-bond donors (Lipinski definition) is 3. The van der Waals surface area contributed by atoms with Crippen molar-refractivity contribution in [1.29, 1.82) is 0 Å². The van der Waals surface area contributed by atoms with Gasteiger partial charge in [-0.15, -0.1) is 23.1 Å². The number of hydrogen-bond acceptors (Lipinski definition) is 13. The topological polar surface area (TPSA) is 188 Å². The number of ether oxygens (including phenoxy) is 3. The zero-order valence-corrected chi connectivity index (χ0v) is 35.4. The number of benzene rings is 1. The summed E-state index contributed by atoms with van der Waals surface area (Å²) in [6.45, 7) is 4.76. The van der Waals surface area contributed by atoms with E-state index in [1.165, 1.54) is 67.3 Å². The molecule has 7 rings (SSSR count). The van der Waals surface area contributed by atoms with Crippen molar-refractivity contribution < 1.29 is 42.6 Å². The molecule has 5 heterocycles. The molecule has 3 aromatic rings. The van der Waals surface area contributed by atoms with Crippen LogP contribution in [0.5, 0.6) is 0 Å². The van der Waals surface area contributed by atoms with E-state index in [0.717, 1.165) is 36.9 Å². The second-order valence-electron chi connectivity index (χ2n) is 14.9. The maximum Gasteiger partial charge on any atom is 0.355 e. The lowest BCUT2D eigenvalue weighted by molar-refractivity contribution is -0.153. The van der Waals surface area contributed by atoms with Crippen LogP contribution in [0.2, 0.25) is 5.02 Å². The highest BCUT2D eigenvalue weighted by atomic mass is 35.5. The molecule has 3 fully saturated rings. The first kappa shape index (κ1) is 44.3. The number of amides is 2. The van der Waals surface area contributed by atoms with Crippen molar-refractivity contribution >= 4 is 75.3 Å². The lowest BCUT2D eigenvalue weighted by Crippen LogP contribution is -2.70. The highest BCUT2D eigenvalue weighted by Gasteiger charge is 2.54. The molecule has 14 nitrogen and oxygen atoms in total. The molecule has 4 N–H and O–H groups in total. The zero-order chi connectivity index (χ0) is 42.2. The molecule has 1 aromatic carbocycles. The predicted molar refractivity (Wildman–Crippen MR) is 223 cm³/mol. The van der Waals surface area contributed by atoms with Crippen molar-refractivity contribution in [1.82, 2.24) is 20.1 Å². The number of unbranched alkanes of at least 4 members (excludes halogenated alkanes) is 2. The third kappa shape index (κ3) is 10.9. The van der Waals surface area contributed by atoms with Crippen LogP contribution in [0.15, 0.2) is 45.8 Å². The third-order valence-electron chi connectivity index (χ3n) is 10.4. The number of carbonyl (C=O) groups excluding carboxylic acids is 5. The number of halogens is 2. The number of esters is 3. The van der Waals surface area contributed by atoms with E-state index < -0.39 is 46.5 Å². The average molecular weight is 874 g/mol. The van der Waals surface area contributed by atoms with Crippen LogP contribution >= 0.6 is 34.7 Å². The number of fused-ring (bicyclic) bond motifs is 2. The van der Waals surface area contributed by atoms with Crippen LogP contribution in [0.1, 0.15) is 85.1 Å². The molecule has 3 aliphatic heterocycles. The zero-order valence-electron chi connectivity index (χ0n) is 33.0. The van der Waals surface area contributed by atoms with Gasteiger partial charge in [0, 0.05) is 53.5 Å². The molecule has 0 spiro atoms. The van der Waals surface area contributed by atoms with Gasteiger partial charge >= 0.3 is 17.9 Å². The minimum Gasteiger partial charge on any atom is -0.462 e. The second kappa shape index (κ2) is 20.3. The molecule has 3 atom stereocenters. The van der Waals surface area contributed by atoms with Gasteiger partial charge in [-0.05, 0) is 75.9 Å². The molecular formula is C41H49ClFN5O9S2. The highest BCUT2D eigenvalue weighted by molar-refractivity contribution is 8.00. The van der Waals surface area contributed by atoms with Crippen LogP contribution in [-0.2, 0) is 39.8 Å². The van der Waals surface area contributed by atoms with Crippen molar-refractivity contribution in [2.24, 2.45) is 5.73 Å². The van der Waals surface area contributed by atoms with E-state index in [1.807, 2.05) is 17.5 Å².